The van der Waals surface area contributed by atoms with E-state index in [-0.39, 0.29) is 24.2 Å². The van der Waals surface area contributed by atoms with Crippen molar-refractivity contribution in [3.8, 4) is 0 Å². The average molecular weight is 315 g/mol. The molecule has 1 spiro atoms. The molecule has 0 bridgehead atoms. The normalized spacial score (nSPS) is 19.6. The third kappa shape index (κ3) is 2.36. The van der Waals surface area contributed by atoms with Gasteiger partial charge in [-0.2, -0.15) is 13.2 Å². The topological polar surface area (TPSA) is 66.7 Å². The number of nitro groups is 1. The lowest BCUT2D eigenvalue weighted by atomic mass is 9.72. The first-order valence-electron chi connectivity index (χ1n) is 6.56. The number of hydrogen-bond donors (Lipinski definition) is 0. The van der Waals surface area contributed by atoms with Crippen molar-refractivity contribution in [3.63, 3.8) is 0 Å². The minimum Gasteiger partial charge on any atom is -0.370 e. The van der Waals surface area contributed by atoms with Crippen LogP contribution in [0.2, 0.25) is 0 Å². The molecule has 0 N–H and O–H groups in total. The number of carbonyl (C=O) groups is 1. The SMILES string of the molecule is O=C(N1CC2(C1)CN(c1ccc([N+](=O)[O-])cc1)C2)C(F)(F)F. The van der Waals surface area contributed by atoms with Crippen molar-refractivity contribution in [1.29, 1.82) is 0 Å². The van der Waals surface area contributed by atoms with E-state index in [1.54, 1.807) is 12.1 Å². The van der Waals surface area contributed by atoms with Crippen LogP contribution in [0.5, 0.6) is 0 Å². The maximum atomic E-state index is 12.3. The van der Waals surface area contributed by atoms with E-state index in [1.165, 1.54) is 12.1 Å². The number of alkyl halides is 3. The number of halogens is 3. The molecule has 1 aromatic rings. The lowest BCUT2D eigenvalue weighted by Crippen LogP contribution is -2.74. The molecule has 0 aromatic heterocycles. The van der Waals surface area contributed by atoms with Crippen LogP contribution in [0.25, 0.3) is 0 Å². The Bertz CT molecular complexity index is 616. The van der Waals surface area contributed by atoms with Crippen LogP contribution >= 0.6 is 0 Å². The number of likely N-dealkylation sites (tertiary alicyclic amines) is 1. The minimum absolute atomic E-state index is 0.00965. The van der Waals surface area contributed by atoms with Gasteiger partial charge in [-0.05, 0) is 12.1 Å². The molecule has 3 rings (SSSR count). The van der Waals surface area contributed by atoms with Crippen molar-refractivity contribution in [2.45, 2.75) is 6.18 Å². The van der Waals surface area contributed by atoms with Crippen molar-refractivity contribution < 1.29 is 22.9 Å². The zero-order valence-electron chi connectivity index (χ0n) is 11.3. The molecule has 2 aliphatic heterocycles. The molecule has 2 fully saturated rings. The van der Waals surface area contributed by atoms with Crippen molar-refractivity contribution in [1.82, 2.24) is 4.90 Å². The molecule has 1 aromatic carbocycles. The van der Waals surface area contributed by atoms with Gasteiger partial charge in [-0.25, -0.2) is 0 Å². The Morgan fingerprint density at radius 3 is 2.14 bits per heavy atom. The van der Waals surface area contributed by atoms with Crippen LogP contribution in [0.1, 0.15) is 0 Å². The molecule has 9 heteroatoms. The second kappa shape index (κ2) is 4.59. The van der Waals surface area contributed by atoms with Gasteiger partial charge in [0.15, 0.2) is 0 Å². The summed E-state index contributed by atoms with van der Waals surface area (Å²) in [5.41, 5.74) is 0.504. The van der Waals surface area contributed by atoms with Crippen LogP contribution in [0.4, 0.5) is 24.5 Å². The molecule has 2 aliphatic rings. The van der Waals surface area contributed by atoms with Crippen molar-refractivity contribution >= 4 is 17.3 Å². The molecule has 6 nitrogen and oxygen atoms in total. The van der Waals surface area contributed by atoms with E-state index in [2.05, 4.69) is 0 Å². The minimum atomic E-state index is -4.82. The van der Waals surface area contributed by atoms with Gasteiger partial charge in [0.05, 0.1) is 4.92 Å². The van der Waals surface area contributed by atoms with Crippen LogP contribution in [0, 0.1) is 15.5 Å². The highest BCUT2D eigenvalue weighted by molar-refractivity contribution is 5.83. The Morgan fingerprint density at radius 1 is 1.14 bits per heavy atom. The van der Waals surface area contributed by atoms with E-state index in [4.69, 9.17) is 0 Å². The van der Waals surface area contributed by atoms with Gasteiger partial charge >= 0.3 is 12.1 Å². The summed E-state index contributed by atoms with van der Waals surface area (Å²) in [5, 5.41) is 10.6. The molecule has 2 heterocycles. The quantitative estimate of drug-likeness (QED) is 0.616. The highest BCUT2D eigenvalue weighted by atomic mass is 19.4. The van der Waals surface area contributed by atoms with Crippen LogP contribution in [0.3, 0.4) is 0 Å². The van der Waals surface area contributed by atoms with E-state index in [9.17, 15) is 28.1 Å². The smallest absolute Gasteiger partial charge is 0.370 e. The maximum absolute atomic E-state index is 12.3. The monoisotopic (exact) mass is 315 g/mol. The van der Waals surface area contributed by atoms with Crippen LogP contribution in [-0.2, 0) is 4.79 Å². The third-order valence-electron chi connectivity index (χ3n) is 4.06. The predicted octanol–water partition coefficient (Wildman–Crippen LogP) is 1.81. The number of anilines is 1. The van der Waals surface area contributed by atoms with E-state index < -0.39 is 17.0 Å². The Labute approximate surface area is 123 Å². The van der Waals surface area contributed by atoms with Crippen LogP contribution in [-0.4, -0.2) is 48.1 Å². The maximum Gasteiger partial charge on any atom is 0.471 e. The lowest BCUT2D eigenvalue weighted by Gasteiger charge is -2.60. The fourth-order valence-electron chi connectivity index (χ4n) is 3.02. The van der Waals surface area contributed by atoms with Crippen LogP contribution in [0.15, 0.2) is 24.3 Å². The van der Waals surface area contributed by atoms with Gasteiger partial charge in [-0.1, -0.05) is 0 Å². The number of hydrogen-bond acceptors (Lipinski definition) is 4. The molecule has 22 heavy (non-hydrogen) atoms. The molecule has 2 saturated heterocycles. The Morgan fingerprint density at radius 2 is 1.68 bits per heavy atom. The number of benzene rings is 1. The first-order chi connectivity index (χ1) is 10.2. The Balaban J connectivity index is 1.55. The number of amides is 1. The Hall–Kier alpha value is -2.32. The van der Waals surface area contributed by atoms with E-state index in [0.717, 1.165) is 10.6 Å². The van der Waals surface area contributed by atoms with Crippen molar-refractivity contribution in [2.24, 2.45) is 5.41 Å². The molecule has 0 radical (unpaired) electrons. The molecule has 0 aliphatic carbocycles. The van der Waals surface area contributed by atoms with Gasteiger partial charge in [0, 0.05) is 49.4 Å². The first kappa shape index (κ1) is 14.6. The highest BCUT2D eigenvalue weighted by Crippen LogP contribution is 2.43. The van der Waals surface area contributed by atoms with Gasteiger partial charge in [-0.15, -0.1) is 0 Å². The zero-order chi connectivity index (χ0) is 16.1. The second-order valence-electron chi connectivity index (χ2n) is 5.79. The number of non-ortho nitro benzene ring substituents is 1. The number of rotatable bonds is 2. The Kier molecular flexibility index (Phi) is 3.05. The highest BCUT2D eigenvalue weighted by Gasteiger charge is 2.57. The van der Waals surface area contributed by atoms with E-state index >= 15 is 0 Å². The fourth-order valence-corrected chi connectivity index (χ4v) is 3.02. The lowest BCUT2D eigenvalue weighted by molar-refractivity contribution is -0.384. The molecule has 118 valence electrons. The molecule has 1 amide bonds. The van der Waals surface area contributed by atoms with Gasteiger partial charge < -0.3 is 9.80 Å². The summed E-state index contributed by atoms with van der Waals surface area (Å²) in [6.45, 7) is 1.31. The summed E-state index contributed by atoms with van der Waals surface area (Å²) in [7, 11) is 0. The number of nitrogens with zero attached hydrogens (tertiary/aromatic N) is 3. The summed E-state index contributed by atoms with van der Waals surface area (Å²) < 4.78 is 36.8. The van der Waals surface area contributed by atoms with Gasteiger partial charge in [0.25, 0.3) is 5.69 Å². The number of carbonyl (C=O) groups excluding carboxylic acids is 1. The molecule has 0 unspecified atom stereocenters. The van der Waals surface area contributed by atoms with E-state index in [1.807, 2.05) is 4.90 Å². The molecule has 0 saturated carbocycles. The number of nitro benzene ring substituents is 1. The summed E-state index contributed by atoms with van der Waals surface area (Å²) in [6.07, 6.45) is -4.82. The summed E-state index contributed by atoms with van der Waals surface area (Å²) in [5.74, 6) is -1.79. The predicted molar refractivity (Wildman–Crippen MR) is 70.4 cm³/mol. The zero-order valence-corrected chi connectivity index (χ0v) is 11.3. The van der Waals surface area contributed by atoms with Gasteiger partial charge in [0.2, 0.25) is 0 Å². The fraction of sp³-hybridized carbons (Fsp3) is 0.462. The molecular weight excluding hydrogens is 303 g/mol. The average Bonchev–Trinajstić information content (AvgIpc) is 2.34. The summed E-state index contributed by atoms with van der Waals surface area (Å²) in [4.78, 5) is 23.9. The largest absolute Gasteiger partial charge is 0.471 e. The first-order valence-corrected chi connectivity index (χ1v) is 6.56. The van der Waals surface area contributed by atoms with Crippen LogP contribution < -0.4 is 4.90 Å². The molecule has 0 atom stereocenters. The van der Waals surface area contributed by atoms with Crippen molar-refractivity contribution in [3.05, 3.63) is 34.4 Å². The summed E-state index contributed by atoms with van der Waals surface area (Å²) in [6, 6.07) is 6.01. The second-order valence-corrected chi connectivity index (χ2v) is 5.79. The summed E-state index contributed by atoms with van der Waals surface area (Å²) >= 11 is 0. The third-order valence-corrected chi connectivity index (χ3v) is 4.06. The van der Waals surface area contributed by atoms with Gasteiger partial charge in [0.1, 0.15) is 0 Å². The standard InChI is InChI=1S/C13H12F3N3O3/c14-13(15,16)11(20)18-7-12(8-18)5-17(6-12)9-1-3-10(4-2-9)19(21)22/h1-4H,5-8H2. The van der Waals surface area contributed by atoms with E-state index in [0.29, 0.717) is 13.1 Å². The molecular formula is C13H12F3N3O3. The van der Waals surface area contributed by atoms with Gasteiger partial charge in [-0.3, -0.25) is 14.9 Å². The van der Waals surface area contributed by atoms with Crippen molar-refractivity contribution in [2.75, 3.05) is 31.1 Å².